The number of methoxy groups -OCH3 is 1. The molecule has 1 aromatic rings. The SMILES string of the molecule is COc1c(F)cc(C(F)(F)F)cc1B(O)O. The average molecular weight is 238 g/mol. The molecule has 0 unspecified atom stereocenters. The Morgan fingerprint density at radius 2 is 1.81 bits per heavy atom. The van der Waals surface area contributed by atoms with Crippen molar-refractivity contribution < 1.29 is 32.3 Å². The van der Waals surface area contributed by atoms with E-state index >= 15 is 0 Å². The maximum atomic E-state index is 13.2. The van der Waals surface area contributed by atoms with Crippen LogP contribution in [0.25, 0.3) is 0 Å². The second kappa shape index (κ2) is 4.30. The Balaban J connectivity index is 3.40. The van der Waals surface area contributed by atoms with E-state index in [1.54, 1.807) is 0 Å². The third kappa shape index (κ3) is 2.45. The predicted molar refractivity (Wildman–Crippen MR) is 47.8 cm³/mol. The van der Waals surface area contributed by atoms with Gasteiger partial charge in [-0.3, -0.25) is 0 Å². The van der Waals surface area contributed by atoms with Crippen LogP contribution in [0.2, 0.25) is 0 Å². The molecule has 0 fully saturated rings. The fourth-order valence-electron chi connectivity index (χ4n) is 1.19. The van der Waals surface area contributed by atoms with Crippen LogP contribution in [0.15, 0.2) is 12.1 Å². The summed E-state index contributed by atoms with van der Waals surface area (Å²) in [4.78, 5) is 0. The third-order valence-corrected chi connectivity index (χ3v) is 1.88. The van der Waals surface area contributed by atoms with E-state index in [4.69, 9.17) is 10.0 Å². The van der Waals surface area contributed by atoms with E-state index in [2.05, 4.69) is 4.74 Å². The second-order valence-corrected chi connectivity index (χ2v) is 2.95. The first kappa shape index (κ1) is 12.8. The van der Waals surface area contributed by atoms with E-state index in [9.17, 15) is 17.6 Å². The van der Waals surface area contributed by atoms with Gasteiger partial charge < -0.3 is 14.8 Å². The summed E-state index contributed by atoms with van der Waals surface area (Å²) in [5.74, 6) is -1.93. The third-order valence-electron chi connectivity index (χ3n) is 1.88. The molecular weight excluding hydrogens is 231 g/mol. The molecule has 0 saturated heterocycles. The molecule has 0 bridgehead atoms. The van der Waals surface area contributed by atoms with Crippen molar-refractivity contribution in [3.8, 4) is 5.75 Å². The highest BCUT2D eigenvalue weighted by molar-refractivity contribution is 6.59. The van der Waals surface area contributed by atoms with Crippen molar-refractivity contribution in [3.05, 3.63) is 23.5 Å². The standard InChI is InChI=1S/C8H7BF4O3/c1-16-7-5(9(14)15)2-4(3-6(7)10)8(11,12)13/h2-3,14-15H,1H3. The summed E-state index contributed by atoms with van der Waals surface area (Å²) >= 11 is 0. The van der Waals surface area contributed by atoms with Crippen LogP contribution < -0.4 is 10.2 Å². The van der Waals surface area contributed by atoms with E-state index in [0.717, 1.165) is 7.11 Å². The van der Waals surface area contributed by atoms with Gasteiger partial charge in [0.2, 0.25) is 0 Å². The van der Waals surface area contributed by atoms with Crippen LogP contribution in [0.4, 0.5) is 17.6 Å². The number of rotatable bonds is 2. The van der Waals surface area contributed by atoms with Gasteiger partial charge in [0.1, 0.15) is 0 Å². The molecular formula is C8H7BF4O3. The van der Waals surface area contributed by atoms with E-state index in [0.29, 0.717) is 6.07 Å². The van der Waals surface area contributed by atoms with Gasteiger partial charge in [-0.1, -0.05) is 0 Å². The van der Waals surface area contributed by atoms with Gasteiger partial charge in [-0.25, -0.2) is 4.39 Å². The van der Waals surface area contributed by atoms with Gasteiger partial charge in [-0.15, -0.1) is 0 Å². The minimum atomic E-state index is -4.77. The second-order valence-electron chi connectivity index (χ2n) is 2.95. The molecule has 8 heteroatoms. The minimum absolute atomic E-state index is 0.227. The van der Waals surface area contributed by atoms with Crippen LogP contribution >= 0.6 is 0 Å². The first-order valence-corrected chi connectivity index (χ1v) is 4.08. The van der Waals surface area contributed by atoms with E-state index in [-0.39, 0.29) is 6.07 Å². The fraction of sp³-hybridized carbons (Fsp3) is 0.250. The summed E-state index contributed by atoms with van der Waals surface area (Å²) in [6.45, 7) is 0. The van der Waals surface area contributed by atoms with Crippen LogP contribution in [-0.2, 0) is 6.18 Å². The molecule has 2 N–H and O–H groups in total. The van der Waals surface area contributed by atoms with Gasteiger partial charge in [0.25, 0.3) is 0 Å². The van der Waals surface area contributed by atoms with Crippen LogP contribution in [0, 0.1) is 5.82 Å². The highest BCUT2D eigenvalue weighted by Gasteiger charge is 2.34. The van der Waals surface area contributed by atoms with Crippen LogP contribution in [0.5, 0.6) is 5.75 Å². The Morgan fingerprint density at radius 3 is 2.19 bits per heavy atom. The van der Waals surface area contributed by atoms with Gasteiger partial charge in [0.05, 0.1) is 12.7 Å². The quantitative estimate of drug-likeness (QED) is 0.583. The van der Waals surface area contributed by atoms with Crippen LogP contribution in [-0.4, -0.2) is 24.3 Å². The Labute approximate surface area is 88.4 Å². The van der Waals surface area contributed by atoms with Crippen molar-refractivity contribution >= 4 is 12.6 Å². The maximum Gasteiger partial charge on any atom is 0.492 e. The molecule has 0 radical (unpaired) electrons. The first-order chi connectivity index (χ1) is 7.27. The lowest BCUT2D eigenvalue weighted by Crippen LogP contribution is -2.33. The van der Waals surface area contributed by atoms with Gasteiger partial charge in [-0.05, 0) is 12.1 Å². The average Bonchev–Trinajstić information content (AvgIpc) is 2.14. The molecule has 88 valence electrons. The van der Waals surface area contributed by atoms with Crippen LogP contribution in [0.3, 0.4) is 0 Å². The lowest BCUT2D eigenvalue weighted by Gasteiger charge is -2.13. The molecule has 16 heavy (non-hydrogen) atoms. The number of hydrogen-bond acceptors (Lipinski definition) is 3. The molecule has 0 aliphatic rings. The fourth-order valence-corrected chi connectivity index (χ4v) is 1.19. The van der Waals surface area contributed by atoms with Crippen molar-refractivity contribution in [2.75, 3.05) is 7.11 Å². The smallest absolute Gasteiger partial charge is 0.492 e. The van der Waals surface area contributed by atoms with Crippen molar-refractivity contribution in [1.29, 1.82) is 0 Å². The van der Waals surface area contributed by atoms with Gasteiger partial charge in [0.15, 0.2) is 11.6 Å². The zero-order valence-corrected chi connectivity index (χ0v) is 8.05. The molecule has 0 amide bonds. The summed E-state index contributed by atoms with van der Waals surface area (Å²) in [7, 11) is -1.23. The Bertz CT molecular complexity index is 392. The topological polar surface area (TPSA) is 49.7 Å². The Morgan fingerprint density at radius 1 is 1.25 bits per heavy atom. The summed E-state index contributed by atoms with van der Waals surface area (Å²) in [5.41, 5.74) is -1.98. The molecule has 3 nitrogen and oxygen atoms in total. The molecule has 0 saturated carbocycles. The van der Waals surface area contributed by atoms with E-state index in [1.165, 1.54) is 0 Å². The lowest BCUT2D eigenvalue weighted by molar-refractivity contribution is -0.137. The zero-order chi connectivity index (χ0) is 12.5. The molecule has 0 aromatic heterocycles. The van der Waals surface area contributed by atoms with Gasteiger partial charge in [0, 0.05) is 5.46 Å². The van der Waals surface area contributed by atoms with E-state index in [1.807, 2.05) is 0 Å². The molecule has 0 atom stereocenters. The summed E-state index contributed by atoms with van der Waals surface area (Å²) in [6, 6.07) is 0.650. The summed E-state index contributed by atoms with van der Waals surface area (Å²) in [5, 5.41) is 17.6. The predicted octanol–water partition coefficient (Wildman–Crippen LogP) is 0.533. The molecule has 1 rings (SSSR count). The van der Waals surface area contributed by atoms with Crippen molar-refractivity contribution in [2.24, 2.45) is 0 Å². The minimum Gasteiger partial charge on any atom is -0.494 e. The number of halogens is 4. The monoisotopic (exact) mass is 238 g/mol. The Hall–Kier alpha value is -1.28. The molecule has 0 aliphatic carbocycles. The molecule has 0 aliphatic heterocycles. The van der Waals surface area contributed by atoms with Crippen molar-refractivity contribution in [3.63, 3.8) is 0 Å². The highest BCUT2D eigenvalue weighted by Crippen LogP contribution is 2.31. The zero-order valence-electron chi connectivity index (χ0n) is 8.05. The number of benzene rings is 1. The Kier molecular flexibility index (Phi) is 3.44. The maximum absolute atomic E-state index is 13.2. The molecule has 1 aromatic carbocycles. The summed E-state index contributed by atoms with van der Waals surface area (Å²) in [6.07, 6.45) is -4.77. The number of alkyl halides is 3. The largest absolute Gasteiger partial charge is 0.494 e. The number of hydrogen-bond donors (Lipinski definition) is 2. The first-order valence-electron chi connectivity index (χ1n) is 4.08. The number of ether oxygens (including phenoxy) is 1. The molecule has 0 spiro atoms. The normalized spacial score (nSPS) is 11.4. The highest BCUT2D eigenvalue weighted by atomic mass is 19.4. The van der Waals surface area contributed by atoms with E-state index < -0.39 is 35.9 Å². The molecule has 0 heterocycles. The van der Waals surface area contributed by atoms with Crippen molar-refractivity contribution in [2.45, 2.75) is 6.18 Å². The van der Waals surface area contributed by atoms with Gasteiger partial charge >= 0.3 is 13.3 Å². The summed E-state index contributed by atoms with van der Waals surface area (Å²) < 4.78 is 54.4. The van der Waals surface area contributed by atoms with Crippen LogP contribution in [0.1, 0.15) is 5.56 Å². The van der Waals surface area contributed by atoms with Crippen molar-refractivity contribution in [1.82, 2.24) is 0 Å². The lowest BCUT2D eigenvalue weighted by atomic mass is 9.78. The van der Waals surface area contributed by atoms with Gasteiger partial charge in [-0.2, -0.15) is 13.2 Å².